The quantitative estimate of drug-likeness (QED) is 0.765. The zero-order chi connectivity index (χ0) is 13.5. The molecule has 0 unspecified atom stereocenters. The maximum Gasteiger partial charge on any atom is 0.233 e. The van der Waals surface area contributed by atoms with E-state index < -0.39 is 0 Å². The second-order valence-corrected chi connectivity index (χ2v) is 6.43. The summed E-state index contributed by atoms with van der Waals surface area (Å²) >= 11 is 0. The van der Waals surface area contributed by atoms with Crippen LogP contribution in [-0.4, -0.2) is 25.0 Å². The molecule has 2 N–H and O–H groups in total. The molecule has 0 aromatic rings. The van der Waals surface area contributed by atoms with Gasteiger partial charge in [-0.25, -0.2) is 0 Å². The molecule has 3 nitrogen and oxygen atoms in total. The van der Waals surface area contributed by atoms with Gasteiger partial charge in [0.25, 0.3) is 0 Å². The molecule has 1 fully saturated rings. The SMILES string of the molecule is CC(C)CNC(=O)CNC1CCC(C(C)C)CC1. The molecular weight excluding hydrogens is 224 g/mol. The van der Waals surface area contributed by atoms with Gasteiger partial charge in [-0.15, -0.1) is 0 Å². The van der Waals surface area contributed by atoms with E-state index in [1.165, 1.54) is 25.7 Å². The normalized spacial score (nSPS) is 24.6. The molecule has 18 heavy (non-hydrogen) atoms. The van der Waals surface area contributed by atoms with E-state index in [4.69, 9.17) is 0 Å². The fourth-order valence-electron chi connectivity index (χ4n) is 2.61. The largest absolute Gasteiger partial charge is 0.355 e. The molecule has 0 heterocycles. The summed E-state index contributed by atoms with van der Waals surface area (Å²) in [5.41, 5.74) is 0. The van der Waals surface area contributed by atoms with E-state index in [0.717, 1.165) is 18.4 Å². The van der Waals surface area contributed by atoms with E-state index in [-0.39, 0.29) is 5.91 Å². The topological polar surface area (TPSA) is 41.1 Å². The highest BCUT2D eigenvalue weighted by Crippen LogP contribution is 2.29. The number of hydrogen-bond donors (Lipinski definition) is 2. The Kier molecular flexibility index (Phi) is 6.69. The van der Waals surface area contributed by atoms with Crippen LogP contribution in [0.4, 0.5) is 0 Å². The van der Waals surface area contributed by atoms with Crippen molar-refractivity contribution >= 4 is 5.91 Å². The average molecular weight is 254 g/mol. The highest BCUT2D eigenvalue weighted by Gasteiger charge is 2.23. The maximum atomic E-state index is 11.6. The molecular formula is C15H30N2O. The minimum Gasteiger partial charge on any atom is -0.355 e. The van der Waals surface area contributed by atoms with Crippen molar-refractivity contribution < 1.29 is 4.79 Å². The number of amides is 1. The standard InChI is InChI=1S/C15H30N2O/c1-11(2)9-17-15(18)10-16-14-7-5-13(6-8-14)12(3)4/h11-14,16H,5-10H2,1-4H3,(H,17,18). The first-order valence-corrected chi connectivity index (χ1v) is 7.49. The van der Waals surface area contributed by atoms with Crippen molar-refractivity contribution in [2.24, 2.45) is 17.8 Å². The molecule has 106 valence electrons. The number of carbonyl (C=O) groups excluding carboxylic acids is 1. The second kappa shape index (κ2) is 7.78. The molecule has 0 aliphatic heterocycles. The van der Waals surface area contributed by atoms with Gasteiger partial charge in [-0.05, 0) is 43.4 Å². The maximum absolute atomic E-state index is 11.6. The first-order valence-electron chi connectivity index (χ1n) is 7.49. The van der Waals surface area contributed by atoms with Crippen molar-refractivity contribution in [3.63, 3.8) is 0 Å². The molecule has 0 spiro atoms. The third-order valence-electron chi connectivity index (χ3n) is 3.97. The van der Waals surface area contributed by atoms with Crippen LogP contribution in [0.5, 0.6) is 0 Å². The highest BCUT2D eigenvalue weighted by atomic mass is 16.1. The lowest BCUT2D eigenvalue weighted by Crippen LogP contribution is -2.41. The summed E-state index contributed by atoms with van der Waals surface area (Å²) in [5.74, 6) is 2.35. The van der Waals surface area contributed by atoms with Crippen molar-refractivity contribution in [3.05, 3.63) is 0 Å². The minimum atomic E-state index is 0.134. The van der Waals surface area contributed by atoms with Gasteiger partial charge in [-0.3, -0.25) is 4.79 Å². The summed E-state index contributed by atoms with van der Waals surface area (Å²) in [6.07, 6.45) is 5.06. The van der Waals surface area contributed by atoms with Gasteiger partial charge in [-0.2, -0.15) is 0 Å². The van der Waals surface area contributed by atoms with Gasteiger partial charge in [-0.1, -0.05) is 27.7 Å². The van der Waals surface area contributed by atoms with Gasteiger partial charge >= 0.3 is 0 Å². The van der Waals surface area contributed by atoms with Crippen LogP contribution in [0.1, 0.15) is 53.4 Å². The molecule has 0 aromatic heterocycles. The fourth-order valence-corrected chi connectivity index (χ4v) is 2.61. The predicted octanol–water partition coefficient (Wildman–Crippen LogP) is 2.56. The molecule has 0 bridgehead atoms. The molecule has 1 amide bonds. The van der Waals surface area contributed by atoms with E-state index in [1.54, 1.807) is 0 Å². The highest BCUT2D eigenvalue weighted by molar-refractivity contribution is 5.77. The lowest BCUT2D eigenvalue weighted by atomic mass is 9.80. The Balaban J connectivity index is 2.12. The van der Waals surface area contributed by atoms with Crippen molar-refractivity contribution in [1.82, 2.24) is 10.6 Å². The monoisotopic (exact) mass is 254 g/mol. The summed E-state index contributed by atoms with van der Waals surface area (Å²) in [7, 11) is 0. The van der Waals surface area contributed by atoms with Gasteiger partial charge < -0.3 is 10.6 Å². The molecule has 0 aromatic carbocycles. The molecule has 1 rings (SSSR count). The summed E-state index contributed by atoms with van der Waals surface area (Å²) < 4.78 is 0. The van der Waals surface area contributed by atoms with Crippen LogP contribution in [0.15, 0.2) is 0 Å². The molecule has 1 aliphatic carbocycles. The Hall–Kier alpha value is -0.570. The smallest absolute Gasteiger partial charge is 0.233 e. The van der Waals surface area contributed by atoms with E-state index in [0.29, 0.717) is 18.5 Å². The van der Waals surface area contributed by atoms with Crippen LogP contribution in [-0.2, 0) is 4.79 Å². The number of hydrogen-bond acceptors (Lipinski definition) is 2. The summed E-state index contributed by atoms with van der Waals surface area (Å²) in [5, 5.41) is 6.34. The number of nitrogens with one attached hydrogen (secondary N) is 2. The summed E-state index contributed by atoms with van der Waals surface area (Å²) in [6.45, 7) is 10.1. The first-order chi connectivity index (χ1) is 8.49. The number of carbonyl (C=O) groups is 1. The average Bonchev–Trinajstić information content (AvgIpc) is 2.34. The Bertz CT molecular complexity index is 243. The molecule has 0 saturated heterocycles. The predicted molar refractivity (Wildman–Crippen MR) is 76.4 cm³/mol. The van der Waals surface area contributed by atoms with E-state index >= 15 is 0 Å². The van der Waals surface area contributed by atoms with E-state index in [9.17, 15) is 4.79 Å². The van der Waals surface area contributed by atoms with Gasteiger partial charge in [0.1, 0.15) is 0 Å². The van der Waals surface area contributed by atoms with Gasteiger partial charge in [0, 0.05) is 12.6 Å². The first kappa shape index (κ1) is 15.5. The minimum absolute atomic E-state index is 0.134. The molecule has 0 radical (unpaired) electrons. The van der Waals surface area contributed by atoms with Crippen molar-refractivity contribution in [2.75, 3.05) is 13.1 Å². The van der Waals surface area contributed by atoms with Gasteiger partial charge in [0.2, 0.25) is 5.91 Å². The van der Waals surface area contributed by atoms with Crippen LogP contribution in [0, 0.1) is 17.8 Å². The lowest BCUT2D eigenvalue weighted by Gasteiger charge is -2.31. The Labute approximate surface area is 112 Å². The Morgan fingerprint density at radius 1 is 1.11 bits per heavy atom. The van der Waals surface area contributed by atoms with E-state index in [2.05, 4.69) is 38.3 Å². The Morgan fingerprint density at radius 3 is 2.22 bits per heavy atom. The number of rotatable bonds is 6. The lowest BCUT2D eigenvalue weighted by molar-refractivity contribution is -0.120. The molecule has 1 aliphatic rings. The zero-order valence-corrected chi connectivity index (χ0v) is 12.5. The Morgan fingerprint density at radius 2 is 1.72 bits per heavy atom. The van der Waals surface area contributed by atoms with Crippen LogP contribution in [0.2, 0.25) is 0 Å². The van der Waals surface area contributed by atoms with Crippen LogP contribution in [0.3, 0.4) is 0 Å². The summed E-state index contributed by atoms with van der Waals surface area (Å²) in [6, 6.07) is 0.546. The fraction of sp³-hybridized carbons (Fsp3) is 0.933. The molecule has 3 heteroatoms. The van der Waals surface area contributed by atoms with Crippen LogP contribution < -0.4 is 10.6 Å². The van der Waals surface area contributed by atoms with Gasteiger partial charge in [0.05, 0.1) is 6.54 Å². The third kappa shape index (κ3) is 5.85. The summed E-state index contributed by atoms with van der Waals surface area (Å²) in [4.78, 5) is 11.6. The van der Waals surface area contributed by atoms with Crippen molar-refractivity contribution in [3.8, 4) is 0 Å². The van der Waals surface area contributed by atoms with Crippen LogP contribution in [0.25, 0.3) is 0 Å². The van der Waals surface area contributed by atoms with E-state index in [1.807, 2.05) is 0 Å². The van der Waals surface area contributed by atoms with Crippen molar-refractivity contribution in [2.45, 2.75) is 59.4 Å². The van der Waals surface area contributed by atoms with Crippen LogP contribution >= 0.6 is 0 Å². The zero-order valence-electron chi connectivity index (χ0n) is 12.5. The molecule has 0 atom stereocenters. The van der Waals surface area contributed by atoms with Crippen molar-refractivity contribution in [1.29, 1.82) is 0 Å². The third-order valence-corrected chi connectivity index (χ3v) is 3.97. The van der Waals surface area contributed by atoms with Gasteiger partial charge in [0.15, 0.2) is 0 Å². The second-order valence-electron chi connectivity index (χ2n) is 6.43. The molecule has 1 saturated carbocycles.